The Balaban J connectivity index is 2.41. The van der Waals surface area contributed by atoms with Crippen molar-refractivity contribution < 1.29 is 18.3 Å². The second kappa shape index (κ2) is 5.75. The minimum atomic E-state index is -3.03. The molecule has 0 radical (unpaired) electrons. The number of nitrogens with zero attached hydrogens (tertiary/aromatic N) is 1. The van der Waals surface area contributed by atoms with Crippen molar-refractivity contribution in [3.63, 3.8) is 0 Å². The van der Waals surface area contributed by atoms with Gasteiger partial charge in [0.2, 0.25) is 0 Å². The van der Waals surface area contributed by atoms with Crippen molar-refractivity contribution in [3.05, 3.63) is 58.9 Å². The molecular formula is C13H8ClF2NO2. The zero-order valence-corrected chi connectivity index (χ0v) is 10.3. The quantitative estimate of drug-likeness (QED) is 0.805. The molecule has 0 bridgehead atoms. The summed E-state index contributed by atoms with van der Waals surface area (Å²) in [5.41, 5.74) is 0.354. The number of hydrogen-bond donors (Lipinski definition) is 0. The Bertz CT molecular complexity index is 590. The monoisotopic (exact) mass is 283 g/mol. The van der Waals surface area contributed by atoms with Gasteiger partial charge in [-0.2, -0.15) is 8.78 Å². The molecule has 1 aromatic heterocycles. The largest absolute Gasteiger partial charge is 0.434 e. The molecule has 19 heavy (non-hydrogen) atoms. The topological polar surface area (TPSA) is 39.2 Å². The third-order valence-corrected chi connectivity index (χ3v) is 2.58. The van der Waals surface area contributed by atoms with Crippen molar-refractivity contribution in [2.45, 2.75) is 6.61 Å². The number of ether oxygens (including phenoxy) is 1. The molecule has 0 atom stereocenters. The average Bonchev–Trinajstić information content (AvgIpc) is 2.38. The van der Waals surface area contributed by atoms with E-state index in [9.17, 15) is 13.6 Å². The van der Waals surface area contributed by atoms with Crippen LogP contribution in [0.2, 0.25) is 5.02 Å². The molecule has 0 amide bonds. The fourth-order valence-electron chi connectivity index (χ4n) is 1.54. The molecule has 98 valence electrons. The molecule has 3 nitrogen and oxygen atoms in total. The van der Waals surface area contributed by atoms with Crippen LogP contribution in [-0.4, -0.2) is 17.4 Å². The highest BCUT2D eigenvalue weighted by Gasteiger charge is 2.17. The highest BCUT2D eigenvalue weighted by molar-refractivity contribution is 6.31. The van der Waals surface area contributed by atoms with E-state index in [2.05, 4.69) is 9.72 Å². The maximum absolute atomic E-state index is 12.3. The lowest BCUT2D eigenvalue weighted by molar-refractivity contribution is -0.0501. The molecule has 2 rings (SSSR count). The molecule has 0 aliphatic heterocycles. The van der Waals surface area contributed by atoms with Gasteiger partial charge in [0, 0.05) is 23.0 Å². The van der Waals surface area contributed by atoms with E-state index in [4.69, 9.17) is 11.6 Å². The molecule has 0 aliphatic carbocycles. The number of hydrogen-bond acceptors (Lipinski definition) is 3. The van der Waals surface area contributed by atoms with Crippen LogP contribution >= 0.6 is 11.6 Å². The van der Waals surface area contributed by atoms with E-state index in [0.29, 0.717) is 5.56 Å². The van der Waals surface area contributed by atoms with Gasteiger partial charge in [0.1, 0.15) is 5.75 Å². The minimum absolute atomic E-state index is 0.0240. The van der Waals surface area contributed by atoms with Crippen LogP contribution in [-0.2, 0) is 0 Å². The molecule has 2 aromatic rings. The van der Waals surface area contributed by atoms with Crippen molar-refractivity contribution in [1.29, 1.82) is 0 Å². The number of ketones is 1. The molecule has 0 spiro atoms. The van der Waals surface area contributed by atoms with Crippen molar-refractivity contribution in [2.75, 3.05) is 0 Å². The van der Waals surface area contributed by atoms with Gasteiger partial charge in [0.25, 0.3) is 0 Å². The van der Waals surface area contributed by atoms with Gasteiger partial charge < -0.3 is 4.74 Å². The van der Waals surface area contributed by atoms with Gasteiger partial charge in [0.15, 0.2) is 5.78 Å². The fourth-order valence-corrected chi connectivity index (χ4v) is 1.70. The van der Waals surface area contributed by atoms with E-state index in [1.807, 2.05) is 0 Å². The van der Waals surface area contributed by atoms with Crippen LogP contribution in [0.5, 0.6) is 5.75 Å². The molecule has 0 unspecified atom stereocenters. The molecular weight excluding hydrogens is 276 g/mol. The number of pyridine rings is 1. The van der Waals surface area contributed by atoms with E-state index >= 15 is 0 Å². The minimum Gasteiger partial charge on any atom is -0.434 e. The Kier molecular flexibility index (Phi) is 4.06. The van der Waals surface area contributed by atoms with Gasteiger partial charge >= 0.3 is 6.61 Å². The summed E-state index contributed by atoms with van der Waals surface area (Å²) < 4.78 is 28.9. The number of halogens is 3. The zero-order valence-electron chi connectivity index (χ0n) is 9.52. The lowest BCUT2D eigenvalue weighted by Crippen LogP contribution is -2.09. The van der Waals surface area contributed by atoms with Crippen LogP contribution in [0, 0.1) is 0 Å². The molecule has 0 saturated heterocycles. The van der Waals surface area contributed by atoms with Crippen LogP contribution in [0.4, 0.5) is 8.78 Å². The lowest BCUT2D eigenvalue weighted by atomic mass is 10.0. The summed E-state index contributed by atoms with van der Waals surface area (Å²) in [7, 11) is 0. The summed E-state index contributed by atoms with van der Waals surface area (Å²) in [5, 5.41) is 0.210. The Morgan fingerprint density at radius 2 is 1.89 bits per heavy atom. The van der Waals surface area contributed by atoms with Crippen molar-refractivity contribution in [2.24, 2.45) is 0 Å². The Morgan fingerprint density at radius 3 is 2.53 bits per heavy atom. The summed E-state index contributed by atoms with van der Waals surface area (Å²) in [6.45, 7) is -3.03. The highest BCUT2D eigenvalue weighted by Crippen LogP contribution is 2.27. The van der Waals surface area contributed by atoms with E-state index in [1.54, 1.807) is 0 Å². The second-order valence-electron chi connectivity index (χ2n) is 3.58. The van der Waals surface area contributed by atoms with Crippen LogP contribution < -0.4 is 4.74 Å². The first-order valence-electron chi connectivity index (χ1n) is 5.27. The van der Waals surface area contributed by atoms with Crippen molar-refractivity contribution in [1.82, 2.24) is 4.98 Å². The van der Waals surface area contributed by atoms with E-state index in [1.165, 1.54) is 42.7 Å². The lowest BCUT2D eigenvalue weighted by Gasteiger charge is -2.10. The predicted octanol–water partition coefficient (Wildman–Crippen LogP) is 3.57. The summed E-state index contributed by atoms with van der Waals surface area (Å²) in [6, 6.07) is 6.95. The molecule has 0 saturated carbocycles. The predicted molar refractivity (Wildman–Crippen MR) is 65.8 cm³/mol. The first kappa shape index (κ1) is 13.4. The Morgan fingerprint density at radius 1 is 1.21 bits per heavy atom. The maximum Gasteiger partial charge on any atom is 0.387 e. The smallest absolute Gasteiger partial charge is 0.387 e. The van der Waals surface area contributed by atoms with Crippen molar-refractivity contribution in [3.8, 4) is 5.75 Å². The third kappa shape index (κ3) is 3.26. The van der Waals surface area contributed by atoms with E-state index in [-0.39, 0.29) is 16.3 Å². The fraction of sp³-hybridized carbons (Fsp3) is 0.0769. The molecule has 0 aliphatic rings. The van der Waals surface area contributed by atoms with Crippen LogP contribution in [0.3, 0.4) is 0 Å². The van der Waals surface area contributed by atoms with Gasteiger partial charge in [-0.15, -0.1) is 0 Å². The summed E-state index contributed by atoms with van der Waals surface area (Å²) in [4.78, 5) is 15.9. The first-order chi connectivity index (χ1) is 9.08. The van der Waals surface area contributed by atoms with Gasteiger partial charge in [-0.25, -0.2) is 0 Å². The molecule has 0 N–H and O–H groups in total. The number of carbonyl (C=O) groups excluding carboxylic acids is 1. The van der Waals surface area contributed by atoms with E-state index in [0.717, 1.165) is 0 Å². The summed E-state index contributed by atoms with van der Waals surface area (Å²) in [6.07, 6.45) is 2.88. The van der Waals surface area contributed by atoms with Gasteiger partial charge in [0.05, 0.1) is 5.56 Å². The summed E-state index contributed by atoms with van der Waals surface area (Å²) >= 11 is 5.70. The van der Waals surface area contributed by atoms with Gasteiger partial charge in [-0.05, 0) is 30.3 Å². The molecule has 0 fully saturated rings. The molecule has 6 heteroatoms. The van der Waals surface area contributed by atoms with Crippen LogP contribution in [0.25, 0.3) is 0 Å². The molecule has 1 heterocycles. The second-order valence-corrected chi connectivity index (χ2v) is 4.02. The third-order valence-electron chi connectivity index (χ3n) is 2.35. The van der Waals surface area contributed by atoms with Gasteiger partial charge in [-0.1, -0.05) is 11.6 Å². The SMILES string of the molecule is O=C(c1ccncc1)c1ccc(Cl)cc1OC(F)F. The maximum atomic E-state index is 12.3. The Labute approximate surface area is 112 Å². The number of benzene rings is 1. The van der Waals surface area contributed by atoms with Crippen molar-refractivity contribution >= 4 is 17.4 Å². The first-order valence-corrected chi connectivity index (χ1v) is 5.65. The van der Waals surface area contributed by atoms with Crippen LogP contribution in [0.1, 0.15) is 15.9 Å². The number of rotatable bonds is 4. The standard InChI is InChI=1S/C13H8ClF2NO2/c14-9-1-2-10(11(7-9)19-13(15)16)12(18)8-3-5-17-6-4-8/h1-7,13H. The zero-order chi connectivity index (χ0) is 13.8. The number of carbonyl (C=O) groups is 1. The summed E-state index contributed by atoms with van der Waals surface area (Å²) in [5.74, 6) is -0.681. The van der Waals surface area contributed by atoms with E-state index < -0.39 is 12.4 Å². The average molecular weight is 284 g/mol. The normalized spacial score (nSPS) is 10.5. The number of alkyl halides is 2. The Hall–Kier alpha value is -2.01. The number of aromatic nitrogens is 1. The van der Waals surface area contributed by atoms with Gasteiger partial charge in [-0.3, -0.25) is 9.78 Å². The van der Waals surface area contributed by atoms with Crippen LogP contribution in [0.15, 0.2) is 42.7 Å². The molecule has 1 aromatic carbocycles. The highest BCUT2D eigenvalue weighted by atomic mass is 35.5.